The predicted octanol–water partition coefficient (Wildman–Crippen LogP) is 0.548. The summed E-state index contributed by atoms with van der Waals surface area (Å²) in [6, 6.07) is 6.46. The first-order valence-corrected chi connectivity index (χ1v) is 6.71. The van der Waals surface area contributed by atoms with Gasteiger partial charge in [0.05, 0.1) is 12.3 Å². The van der Waals surface area contributed by atoms with Crippen molar-refractivity contribution in [1.82, 2.24) is 4.72 Å². The number of ether oxygens (including phenoxy) is 1. The first kappa shape index (κ1) is 14.3. The lowest BCUT2D eigenvalue weighted by molar-refractivity contribution is 0.159. The Kier molecular flexibility index (Phi) is 4.93. The van der Waals surface area contributed by atoms with Gasteiger partial charge in [0.25, 0.3) is 0 Å². The van der Waals surface area contributed by atoms with Crippen LogP contribution in [-0.2, 0) is 21.5 Å². The molecule has 0 aromatic heterocycles. The molecule has 1 aromatic rings. The third-order valence-corrected chi connectivity index (χ3v) is 2.87. The number of carbonyl (C=O) groups excluding carboxylic acids is 1. The van der Waals surface area contributed by atoms with Gasteiger partial charge in [0.15, 0.2) is 0 Å². The molecule has 0 heterocycles. The molecule has 7 nitrogen and oxygen atoms in total. The molecule has 0 bridgehead atoms. The molecule has 18 heavy (non-hydrogen) atoms. The van der Waals surface area contributed by atoms with Crippen LogP contribution in [0.2, 0.25) is 0 Å². The molecule has 0 unspecified atom stereocenters. The Balaban J connectivity index is 2.67. The van der Waals surface area contributed by atoms with Gasteiger partial charge in [-0.1, -0.05) is 12.1 Å². The van der Waals surface area contributed by atoms with Crippen LogP contribution in [0.4, 0.5) is 10.5 Å². The Labute approximate surface area is 106 Å². The standard InChI is InChI=1S/C10H15N3O4S/c1-2-17-10(14)13-18(15,16)12-9-5-3-8(7-11)4-6-9/h3-6,12H,2,7,11H2,1H3,(H,13,14). The zero-order valence-corrected chi connectivity index (χ0v) is 10.7. The molecule has 1 rings (SSSR count). The van der Waals surface area contributed by atoms with Crippen LogP contribution in [0.5, 0.6) is 0 Å². The SMILES string of the molecule is CCOC(=O)NS(=O)(=O)Nc1ccc(CN)cc1. The van der Waals surface area contributed by atoms with Crippen LogP contribution in [0, 0.1) is 0 Å². The highest BCUT2D eigenvalue weighted by Gasteiger charge is 2.14. The Morgan fingerprint density at radius 3 is 2.44 bits per heavy atom. The van der Waals surface area contributed by atoms with Crippen molar-refractivity contribution < 1.29 is 17.9 Å². The van der Waals surface area contributed by atoms with E-state index in [1.807, 2.05) is 0 Å². The average Bonchev–Trinajstić information content (AvgIpc) is 2.29. The number of hydrogen-bond acceptors (Lipinski definition) is 5. The molecule has 0 atom stereocenters. The Morgan fingerprint density at radius 2 is 1.94 bits per heavy atom. The van der Waals surface area contributed by atoms with Crippen molar-refractivity contribution in [2.75, 3.05) is 11.3 Å². The Hall–Kier alpha value is -1.80. The van der Waals surface area contributed by atoms with Crippen molar-refractivity contribution in [3.8, 4) is 0 Å². The van der Waals surface area contributed by atoms with Gasteiger partial charge in [-0.05, 0) is 24.6 Å². The van der Waals surface area contributed by atoms with Gasteiger partial charge < -0.3 is 10.5 Å². The highest BCUT2D eigenvalue weighted by molar-refractivity contribution is 7.91. The number of benzene rings is 1. The number of hydrogen-bond donors (Lipinski definition) is 3. The fourth-order valence-electron chi connectivity index (χ4n) is 1.16. The van der Waals surface area contributed by atoms with E-state index in [4.69, 9.17) is 5.73 Å². The summed E-state index contributed by atoms with van der Waals surface area (Å²) in [5, 5.41) is 0. The minimum atomic E-state index is -3.98. The lowest BCUT2D eigenvalue weighted by atomic mass is 10.2. The van der Waals surface area contributed by atoms with Crippen molar-refractivity contribution in [2.45, 2.75) is 13.5 Å². The maximum Gasteiger partial charge on any atom is 0.422 e. The number of carbonyl (C=O) groups is 1. The first-order valence-electron chi connectivity index (χ1n) is 5.23. The van der Waals surface area contributed by atoms with Crippen molar-refractivity contribution in [1.29, 1.82) is 0 Å². The van der Waals surface area contributed by atoms with E-state index >= 15 is 0 Å². The van der Waals surface area contributed by atoms with Gasteiger partial charge in [-0.3, -0.25) is 4.72 Å². The molecule has 0 aliphatic rings. The van der Waals surface area contributed by atoms with E-state index < -0.39 is 16.3 Å². The summed E-state index contributed by atoms with van der Waals surface area (Å²) in [7, 11) is -3.98. The van der Waals surface area contributed by atoms with Crippen LogP contribution in [-0.4, -0.2) is 21.1 Å². The molecule has 1 amide bonds. The van der Waals surface area contributed by atoms with E-state index in [1.54, 1.807) is 35.9 Å². The van der Waals surface area contributed by atoms with Gasteiger partial charge in [0.2, 0.25) is 0 Å². The maximum absolute atomic E-state index is 11.5. The topological polar surface area (TPSA) is 111 Å². The largest absolute Gasteiger partial charge is 0.449 e. The molecular formula is C10H15N3O4S. The van der Waals surface area contributed by atoms with E-state index in [-0.39, 0.29) is 6.61 Å². The molecule has 0 fully saturated rings. The molecule has 0 aliphatic heterocycles. The summed E-state index contributed by atoms with van der Waals surface area (Å²) in [5.74, 6) is 0. The molecule has 0 aliphatic carbocycles. The third kappa shape index (κ3) is 4.60. The molecule has 0 spiro atoms. The molecule has 8 heteroatoms. The maximum atomic E-state index is 11.5. The smallest absolute Gasteiger partial charge is 0.422 e. The van der Waals surface area contributed by atoms with Gasteiger partial charge in [-0.2, -0.15) is 8.42 Å². The Bertz CT molecular complexity index is 498. The minimum absolute atomic E-state index is 0.0898. The van der Waals surface area contributed by atoms with Crippen molar-refractivity contribution in [3.63, 3.8) is 0 Å². The fraction of sp³-hybridized carbons (Fsp3) is 0.300. The number of nitrogens with two attached hydrogens (primary N) is 1. The number of anilines is 1. The third-order valence-electron chi connectivity index (χ3n) is 1.93. The lowest BCUT2D eigenvalue weighted by Gasteiger charge is -2.09. The fourth-order valence-corrected chi connectivity index (χ4v) is 1.94. The van der Waals surface area contributed by atoms with Crippen LogP contribution < -0.4 is 15.2 Å². The quantitative estimate of drug-likeness (QED) is 0.725. The van der Waals surface area contributed by atoms with Gasteiger partial charge in [-0.25, -0.2) is 9.52 Å². The summed E-state index contributed by atoms with van der Waals surface area (Å²) in [4.78, 5) is 11.0. The minimum Gasteiger partial charge on any atom is -0.449 e. The van der Waals surface area contributed by atoms with Crippen molar-refractivity contribution in [3.05, 3.63) is 29.8 Å². The normalized spacial score (nSPS) is 10.8. The van der Waals surface area contributed by atoms with Crippen molar-refractivity contribution >= 4 is 22.0 Å². The second kappa shape index (κ2) is 6.22. The van der Waals surface area contributed by atoms with Crippen LogP contribution in [0.1, 0.15) is 12.5 Å². The first-order chi connectivity index (χ1) is 8.46. The second-order valence-electron chi connectivity index (χ2n) is 3.33. The van der Waals surface area contributed by atoms with E-state index in [9.17, 15) is 13.2 Å². The summed E-state index contributed by atoms with van der Waals surface area (Å²) < 4.78 is 31.3. The number of nitrogens with one attached hydrogen (secondary N) is 2. The second-order valence-corrected chi connectivity index (χ2v) is 4.74. The highest BCUT2D eigenvalue weighted by Crippen LogP contribution is 2.10. The molecular weight excluding hydrogens is 258 g/mol. The van der Waals surface area contributed by atoms with E-state index in [1.165, 1.54) is 0 Å². The van der Waals surface area contributed by atoms with E-state index in [2.05, 4.69) is 9.46 Å². The number of amides is 1. The van der Waals surface area contributed by atoms with Gasteiger partial charge in [0, 0.05) is 6.54 Å². The van der Waals surface area contributed by atoms with Crippen LogP contribution >= 0.6 is 0 Å². The summed E-state index contributed by atoms with van der Waals surface area (Å²) in [5.41, 5.74) is 6.61. The zero-order chi connectivity index (χ0) is 13.6. The summed E-state index contributed by atoms with van der Waals surface area (Å²) in [6.07, 6.45) is -1.02. The van der Waals surface area contributed by atoms with Crippen LogP contribution in [0.3, 0.4) is 0 Å². The molecule has 0 radical (unpaired) electrons. The van der Waals surface area contributed by atoms with Gasteiger partial charge in [-0.15, -0.1) is 0 Å². The zero-order valence-electron chi connectivity index (χ0n) is 9.84. The van der Waals surface area contributed by atoms with Crippen LogP contribution in [0.25, 0.3) is 0 Å². The van der Waals surface area contributed by atoms with E-state index in [0.29, 0.717) is 12.2 Å². The lowest BCUT2D eigenvalue weighted by Crippen LogP contribution is -2.35. The van der Waals surface area contributed by atoms with Gasteiger partial charge in [0.1, 0.15) is 0 Å². The molecule has 1 aromatic carbocycles. The summed E-state index contributed by atoms with van der Waals surface area (Å²) >= 11 is 0. The molecule has 4 N–H and O–H groups in total. The van der Waals surface area contributed by atoms with E-state index in [0.717, 1.165) is 5.56 Å². The molecule has 100 valence electrons. The van der Waals surface area contributed by atoms with Crippen LogP contribution in [0.15, 0.2) is 24.3 Å². The Morgan fingerprint density at radius 1 is 1.33 bits per heavy atom. The summed E-state index contributed by atoms with van der Waals surface area (Å²) in [6.45, 7) is 2.03. The average molecular weight is 273 g/mol. The van der Waals surface area contributed by atoms with Crippen molar-refractivity contribution in [2.24, 2.45) is 5.73 Å². The predicted molar refractivity (Wildman–Crippen MR) is 67.0 cm³/mol. The monoisotopic (exact) mass is 273 g/mol. The van der Waals surface area contributed by atoms with Gasteiger partial charge >= 0.3 is 16.3 Å². The molecule has 0 saturated heterocycles. The number of rotatable bonds is 5. The molecule has 0 saturated carbocycles. The highest BCUT2D eigenvalue weighted by atomic mass is 32.2.